The van der Waals surface area contributed by atoms with Crippen molar-refractivity contribution in [3.63, 3.8) is 0 Å². The molecule has 138 valence electrons. The van der Waals surface area contributed by atoms with Crippen LogP contribution in [-0.4, -0.2) is 9.97 Å². The van der Waals surface area contributed by atoms with E-state index in [0.717, 1.165) is 28.5 Å². The Labute approximate surface area is 166 Å². The van der Waals surface area contributed by atoms with Crippen LogP contribution in [0.15, 0.2) is 73.7 Å². The number of nitrogens with zero attached hydrogens (tertiary/aromatic N) is 2. The van der Waals surface area contributed by atoms with Gasteiger partial charge in [-0.05, 0) is 60.2 Å². The molecule has 0 N–H and O–H groups in total. The minimum absolute atomic E-state index is 0.984. The number of aryl methyl sites for hydroxylation is 2. The predicted octanol–water partition coefficient (Wildman–Crippen LogP) is 6.87. The van der Waals surface area contributed by atoms with E-state index in [4.69, 9.17) is 0 Å². The summed E-state index contributed by atoms with van der Waals surface area (Å²) in [6.45, 7) is 10.5. The first-order valence-corrected chi connectivity index (χ1v) is 9.67. The molecule has 4 rings (SSSR count). The standard InChI is InChI=1S/C26H24N2/c1-5-19-12-20(9-10-24(19)17(2)3)22-13-23-15-27-16-28-26(23)25(14-22)21-8-6-7-18(4)11-21/h6-16H,2,5H2,1,3-4H3. The van der Waals surface area contributed by atoms with Crippen molar-refractivity contribution in [3.05, 3.63) is 90.4 Å². The molecule has 0 atom stereocenters. The molecule has 2 nitrogen and oxygen atoms in total. The minimum Gasteiger partial charge on any atom is -0.244 e. The predicted molar refractivity (Wildman–Crippen MR) is 119 cm³/mol. The molecule has 0 saturated carbocycles. The van der Waals surface area contributed by atoms with Crippen LogP contribution in [0, 0.1) is 6.92 Å². The number of hydrogen-bond donors (Lipinski definition) is 0. The Bertz CT molecular complexity index is 1190. The molecule has 0 saturated heterocycles. The molecule has 0 spiro atoms. The van der Waals surface area contributed by atoms with Gasteiger partial charge < -0.3 is 0 Å². The molecule has 0 amide bonds. The average Bonchev–Trinajstić information content (AvgIpc) is 2.72. The maximum atomic E-state index is 4.57. The smallest absolute Gasteiger partial charge is 0.116 e. The summed E-state index contributed by atoms with van der Waals surface area (Å²) in [5.74, 6) is 0. The van der Waals surface area contributed by atoms with Crippen LogP contribution in [-0.2, 0) is 6.42 Å². The Morgan fingerprint density at radius 2 is 1.82 bits per heavy atom. The second-order valence-corrected chi connectivity index (χ2v) is 7.36. The van der Waals surface area contributed by atoms with Gasteiger partial charge in [0.15, 0.2) is 0 Å². The second kappa shape index (κ2) is 7.40. The lowest BCUT2D eigenvalue weighted by Gasteiger charge is -2.13. The van der Waals surface area contributed by atoms with Gasteiger partial charge in [-0.15, -0.1) is 0 Å². The van der Waals surface area contributed by atoms with Crippen LogP contribution in [0.5, 0.6) is 0 Å². The zero-order chi connectivity index (χ0) is 19.7. The summed E-state index contributed by atoms with van der Waals surface area (Å²) >= 11 is 0. The van der Waals surface area contributed by atoms with Gasteiger partial charge in [0.2, 0.25) is 0 Å². The first-order valence-electron chi connectivity index (χ1n) is 9.67. The van der Waals surface area contributed by atoms with Gasteiger partial charge in [0.25, 0.3) is 0 Å². The Morgan fingerprint density at radius 3 is 2.57 bits per heavy atom. The number of hydrogen-bond acceptors (Lipinski definition) is 2. The van der Waals surface area contributed by atoms with Crippen LogP contribution in [0.1, 0.15) is 30.5 Å². The number of allylic oxidation sites excluding steroid dienone is 1. The van der Waals surface area contributed by atoms with E-state index in [9.17, 15) is 0 Å². The largest absolute Gasteiger partial charge is 0.244 e. The summed E-state index contributed by atoms with van der Waals surface area (Å²) in [5, 5.41) is 1.05. The maximum Gasteiger partial charge on any atom is 0.116 e. The topological polar surface area (TPSA) is 25.8 Å². The normalized spacial score (nSPS) is 11.0. The van der Waals surface area contributed by atoms with E-state index < -0.39 is 0 Å². The van der Waals surface area contributed by atoms with Gasteiger partial charge in [0.1, 0.15) is 6.33 Å². The number of benzene rings is 3. The maximum absolute atomic E-state index is 4.57. The van der Waals surface area contributed by atoms with E-state index in [1.54, 1.807) is 6.33 Å². The summed E-state index contributed by atoms with van der Waals surface area (Å²) < 4.78 is 0. The van der Waals surface area contributed by atoms with Crippen LogP contribution < -0.4 is 0 Å². The van der Waals surface area contributed by atoms with Crippen molar-refractivity contribution >= 4 is 16.5 Å². The molecule has 0 aliphatic carbocycles. The Hall–Kier alpha value is -3.26. The lowest BCUT2D eigenvalue weighted by atomic mass is 9.92. The van der Waals surface area contributed by atoms with E-state index >= 15 is 0 Å². The molecule has 0 fully saturated rings. The quantitative estimate of drug-likeness (QED) is 0.395. The fourth-order valence-electron chi connectivity index (χ4n) is 3.79. The van der Waals surface area contributed by atoms with Crippen LogP contribution in [0.3, 0.4) is 0 Å². The molecular formula is C26H24N2. The Morgan fingerprint density at radius 1 is 0.964 bits per heavy atom. The van der Waals surface area contributed by atoms with Gasteiger partial charge in [-0.2, -0.15) is 0 Å². The molecule has 0 aliphatic heterocycles. The highest BCUT2D eigenvalue weighted by Gasteiger charge is 2.11. The molecule has 4 aromatic rings. The summed E-state index contributed by atoms with van der Waals surface area (Å²) in [6.07, 6.45) is 4.50. The highest BCUT2D eigenvalue weighted by Crippen LogP contribution is 2.34. The van der Waals surface area contributed by atoms with Crippen molar-refractivity contribution < 1.29 is 0 Å². The molecule has 2 heteroatoms. The number of aromatic nitrogens is 2. The summed E-state index contributed by atoms with van der Waals surface area (Å²) in [7, 11) is 0. The van der Waals surface area contributed by atoms with Crippen molar-refractivity contribution in [2.45, 2.75) is 27.2 Å². The van der Waals surface area contributed by atoms with Crippen molar-refractivity contribution in [2.75, 3.05) is 0 Å². The van der Waals surface area contributed by atoms with Crippen LogP contribution in [0.4, 0.5) is 0 Å². The zero-order valence-electron chi connectivity index (χ0n) is 16.7. The van der Waals surface area contributed by atoms with Crippen molar-refractivity contribution in [3.8, 4) is 22.3 Å². The first-order chi connectivity index (χ1) is 13.6. The lowest BCUT2D eigenvalue weighted by molar-refractivity contribution is 1.13. The molecule has 0 unspecified atom stereocenters. The molecule has 3 aromatic carbocycles. The molecule has 0 bridgehead atoms. The third kappa shape index (κ3) is 3.34. The van der Waals surface area contributed by atoms with Crippen LogP contribution >= 0.6 is 0 Å². The molecule has 1 aromatic heterocycles. The zero-order valence-corrected chi connectivity index (χ0v) is 16.7. The van der Waals surface area contributed by atoms with Gasteiger partial charge in [-0.1, -0.05) is 67.1 Å². The third-order valence-electron chi connectivity index (χ3n) is 5.21. The highest BCUT2D eigenvalue weighted by molar-refractivity contribution is 5.97. The van der Waals surface area contributed by atoms with E-state index in [1.807, 2.05) is 6.20 Å². The molecule has 1 heterocycles. The minimum atomic E-state index is 0.984. The lowest BCUT2D eigenvalue weighted by Crippen LogP contribution is -1.93. The van der Waals surface area contributed by atoms with Gasteiger partial charge in [-0.25, -0.2) is 9.97 Å². The number of fused-ring (bicyclic) bond motifs is 1. The third-order valence-corrected chi connectivity index (χ3v) is 5.21. The van der Waals surface area contributed by atoms with Crippen LogP contribution in [0.2, 0.25) is 0 Å². The van der Waals surface area contributed by atoms with Crippen molar-refractivity contribution in [1.29, 1.82) is 0 Å². The Balaban J connectivity index is 1.95. The summed E-state index contributed by atoms with van der Waals surface area (Å²) in [6, 6.07) is 19.7. The molecular weight excluding hydrogens is 340 g/mol. The van der Waals surface area contributed by atoms with Crippen molar-refractivity contribution in [2.24, 2.45) is 0 Å². The summed E-state index contributed by atoms with van der Waals surface area (Å²) in [4.78, 5) is 8.82. The molecule has 28 heavy (non-hydrogen) atoms. The number of rotatable bonds is 4. The Kier molecular flexibility index (Phi) is 4.79. The van der Waals surface area contributed by atoms with E-state index in [0.29, 0.717) is 0 Å². The highest BCUT2D eigenvalue weighted by atomic mass is 14.8. The van der Waals surface area contributed by atoms with Crippen LogP contribution in [0.25, 0.3) is 38.7 Å². The first kappa shape index (κ1) is 18.1. The molecule has 0 aliphatic rings. The van der Waals surface area contributed by atoms with E-state index in [2.05, 4.69) is 91.9 Å². The SMILES string of the molecule is C=C(C)c1ccc(-c2cc(-c3cccc(C)c3)c3ncncc3c2)cc1CC. The van der Waals surface area contributed by atoms with E-state index in [-0.39, 0.29) is 0 Å². The van der Waals surface area contributed by atoms with Gasteiger partial charge >= 0.3 is 0 Å². The fourth-order valence-corrected chi connectivity index (χ4v) is 3.79. The monoisotopic (exact) mass is 364 g/mol. The van der Waals surface area contributed by atoms with Gasteiger partial charge in [0.05, 0.1) is 5.52 Å². The summed E-state index contributed by atoms with van der Waals surface area (Å²) in [5.41, 5.74) is 10.6. The fraction of sp³-hybridized carbons (Fsp3) is 0.154. The molecule has 0 radical (unpaired) electrons. The van der Waals surface area contributed by atoms with Gasteiger partial charge in [-0.3, -0.25) is 0 Å². The van der Waals surface area contributed by atoms with Gasteiger partial charge in [0, 0.05) is 17.1 Å². The average molecular weight is 364 g/mol. The van der Waals surface area contributed by atoms with Crippen molar-refractivity contribution in [1.82, 2.24) is 9.97 Å². The van der Waals surface area contributed by atoms with E-state index in [1.165, 1.54) is 33.4 Å². The second-order valence-electron chi connectivity index (χ2n) is 7.36.